The molecular weight excluding hydrogens is 324 g/mol. The first-order valence-corrected chi connectivity index (χ1v) is 9.30. The van der Waals surface area contributed by atoms with Gasteiger partial charge in [0.15, 0.2) is 16.7 Å². The van der Waals surface area contributed by atoms with Crippen LogP contribution in [0.5, 0.6) is 0 Å². The number of furan rings is 1. The molecule has 0 aliphatic carbocycles. The highest BCUT2D eigenvalue weighted by atomic mass is 32.2. The molecule has 2 heterocycles. The summed E-state index contributed by atoms with van der Waals surface area (Å²) < 4.78 is 7.46. The lowest BCUT2D eigenvalue weighted by atomic mass is 10.1. The third-order valence-corrected chi connectivity index (χ3v) is 4.37. The van der Waals surface area contributed by atoms with Gasteiger partial charge in [-0.1, -0.05) is 11.8 Å². The Morgan fingerprint density at radius 3 is 2.75 bits per heavy atom. The number of hydrogen-bond acceptors (Lipinski definition) is 5. The number of carbonyl (C=O) groups excluding carboxylic acids is 1. The zero-order valence-corrected chi connectivity index (χ0v) is 15.7. The maximum atomic E-state index is 11.8. The molecule has 132 valence electrons. The van der Waals surface area contributed by atoms with Crippen molar-refractivity contribution in [3.8, 4) is 11.6 Å². The molecule has 0 aliphatic rings. The molecule has 7 heteroatoms. The average Bonchev–Trinajstić information content (AvgIpc) is 3.13. The van der Waals surface area contributed by atoms with Gasteiger partial charge in [0, 0.05) is 24.3 Å². The van der Waals surface area contributed by atoms with E-state index in [9.17, 15) is 4.79 Å². The summed E-state index contributed by atoms with van der Waals surface area (Å²) in [6.07, 6.45) is 4.05. The monoisotopic (exact) mass is 350 g/mol. The molecule has 0 radical (unpaired) electrons. The van der Waals surface area contributed by atoms with Crippen molar-refractivity contribution in [1.82, 2.24) is 20.1 Å². The number of aromatic nitrogens is 3. The van der Waals surface area contributed by atoms with Gasteiger partial charge in [-0.05, 0) is 52.7 Å². The van der Waals surface area contributed by atoms with Gasteiger partial charge in [0.2, 0.25) is 5.91 Å². The van der Waals surface area contributed by atoms with Crippen LogP contribution < -0.4 is 5.32 Å². The van der Waals surface area contributed by atoms with Crippen LogP contribution >= 0.6 is 11.8 Å². The summed E-state index contributed by atoms with van der Waals surface area (Å²) in [6.45, 7) is 8.84. The van der Waals surface area contributed by atoms with Gasteiger partial charge in [0.05, 0.1) is 6.26 Å². The minimum Gasteiger partial charge on any atom is -0.461 e. The number of thioether (sulfide) groups is 1. The Labute approximate surface area is 147 Å². The Balaban J connectivity index is 1.78. The third-order valence-electron chi connectivity index (χ3n) is 3.32. The number of unbranched alkanes of at least 4 members (excludes halogenated alkanes) is 1. The SMILES string of the molecule is CCn1c(SCCCCC(=O)NC(C)(C)C)nnc1-c1ccco1. The molecule has 2 aromatic rings. The standard InChI is InChI=1S/C17H26N4O2S/c1-5-21-15(13-9-8-11-23-13)19-20-16(21)24-12-7-6-10-14(22)18-17(2,3)4/h8-9,11H,5-7,10,12H2,1-4H3,(H,18,22). The Kier molecular flexibility index (Phi) is 6.48. The van der Waals surface area contributed by atoms with Crippen LogP contribution in [0.3, 0.4) is 0 Å². The van der Waals surface area contributed by atoms with Crippen molar-refractivity contribution in [2.75, 3.05) is 5.75 Å². The number of nitrogens with zero attached hydrogens (tertiary/aromatic N) is 3. The van der Waals surface area contributed by atoms with Crippen LogP contribution in [-0.2, 0) is 11.3 Å². The maximum absolute atomic E-state index is 11.8. The molecule has 1 N–H and O–H groups in total. The maximum Gasteiger partial charge on any atom is 0.220 e. The van der Waals surface area contributed by atoms with E-state index < -0.39 is 0 Å². The summed E-state index contributed by atoms with van der Waals surface area (Å²) >= 11 is 1.67. The van der Waals surface area contributed by atoms with Crippen molar-refractivity contribution in [1.29, 1.82) is 0 Å². The number of carbonyl (C=O) groups is 1. The van der Waals surface area contributed by atoms with Crippen LogP contribution in [0.4, 0.5) is 0 Å². The van der Waals surface area contributed by atoms with Crippen molar-refractivity contribution >= 4 is 17.7 Å². The molecule has 2 aromatic heterocycles. The highest BCUT2D eigenvalue weighted by Crippen LogP contribution is 2.24. The Hall–Kier alpha value is -1.76. The van der Waals surface area contributed by atoms with Gasteiger partial charge in [-0.25, -0.2) is 0 Å². The van der Waals surface area contributed by atoms with E-state index in [1.165, 1.54) is 0 Å². The number of rotatable bonds is 8. The van der Waals surface area contributed by atoms with Crippen molar-refractivity contribution < 1.29 is 9.21 Å². The number of nitrogens with one attached hydrogen (secondary N) is 1. The van der Waals surface area contributed by atoms with Crippen LogP contribution in [0.25, 0.3) is 11.6 Å². The highest BCUT2D eigenvalue weighted by Gasteiger charge is 2.15. The van der Waals surface area contributed by atoms with E-state index in [-0.39, 0.29) is 11.4 Å². The molecule has 0 spiro atoms. The zero-order chi connectivity index (χ0) is 17.6. The smallest absolute Gasteiger partial charge is 0.220 e. The fourth-order valence-electron chi connectivity index (χ4n) is 2.30. The summed E-state index contributed by atoms with van der Waals surface area (Å²) in [4.78, 5) is 11.8. The summed E-state index contributed by atoms with van der Waals surface area (Å²) in [6, 6.07) is 3.73. The Morgan fingerprint density at radius 1 is 1.33 bits per heavy atom. The van der Waals surface area contributed by atoms with E-state index in [0.29, 0.717) is 6.42 Å². The van der Waals surface area contributed by atoms with Crippen molar-refractivity contribution in [2.24, 2.45) is 0 Å². The molecule has 0 saturated heterocycles. The Morgan fingerprint density at radius 2 is 2.12 bits per heavy atom. The highest BCUT2D eigenvalue weighted by molar-refractivity contribution is 7.99. The van der Waals surface area contributed by atoms with Gasteiger partial charge >= 0.3 is 0 Å². The van der Waals surface area contributed by atoms with Crippen molar-refractivity contribution in [2.45, 2.75) is 64.2 Å². The summed E-state index contributed by atoms with van der Waals surface area (Å²) in [5.74, 6) is 2.52. The molecule has 0 saturated carbocycles. The molecule has 0 unspecified atom stereocenters. The molecule has 0 fully saturated rings. The van der Waals surface area contributed by atoms with Gasteiger partial charge in [-0.2, -0.15) is 0 Å². The molecule has 0 atom stereocenters. The van der Waals surface area contributed by atoms with Gasteiger partial charge in [0.1, 0.15) is 0 Å². The van der Waals surface area contributed by atoms with E-state index in [4.69, 9.17) is 4.42 Å². The lowest BCUT2D eigenvalue weighted by Gasteiger charge is -2.20. The first-order chi connectivity index (χ1) is 11.4. The van der Waals surface area contributed by atoms with E-state index in [0.717, 1.165) is 41.9 Å². The first kappa shape index (κ1) is 18.6. The minimum atomic E-state index is -0.161. The lowest BCUT2D eigenvalue weighted by molar-refractivity contribution is -0.122. The first-order valence-electron chi connectivity index (χ1n) is 8.31. The van der Waals surface area contributed by atoms with Crippen LogP contribution in [0.15, 0.2) is 28.0 Å². The van der Waals surface area contributed by atoms with Gasteiger partial charge < -0.3 is 9.73 Å². The molecule has 1 amide bonds. The molecule has 24 heavy (non-hydrogen) atoms. The summed E-state index contributed by atoms with van der Waals surface area (Å²) in [5.41, 5.74) is -0.161. The van der Waals surface area contributed by atoms with E-state index >= 15 is 0 Å². The molecule has 0 aliphatic heterocycles. The second-order valence-corrected chi connectivity index (χ2v) is 7.69. The van der Waals surface area contributed by atoms with Crippen LogP contribution in [0.1, 0.15) is 47.0 Å². The predicted octanol–water partition coefficient (Wildman–Crippen LogP) is 3.74. The largest absolute Gasteiger partial charge is 0.461 e. The number of hydrogen-bond donors (Lipinski definition) is 1. The predicted molar refractivity (Wildman–Crippen MR) is 95.9 cm³/mol. The fraction of sp³-hybridized carbons (Fsp3) is 0.588. The second kappa shape index (κ2) is 8.37. The van der Waals surface area contributed by atoms with Crippen LogP contribution in [0.2, 0.25) is 0 Å². The molecular formula is C17H26N4O2S. The fourth-order valence-corrected chi connectivity index (χ4v) is 3.30. The minimum absolute atomic E-state index is 0.115. The molecule has 2 rings (SSSR count). The summed E-state index contributed by atoms with van der Waals surface area (Å²) in [5, 5.41) is 12.4. The van der Waals surface area contributed by atoms with E-state index in [1.807, 2.05) is 32.9 Å². The summed E-state index contributed by atoms with van der Waals surface area (Å²) in [7, 11) is 0. The molecule has 0 aromatic carbocycles. The average molecular weight is 350 g/mol. The van der Waals surface area contributed by atoms with E-state index in [2.05, 4.69) is 27.0 Å². The third kappa shape index (κ3) is 5.40. The number of amides is 1. The van der Waals surface area contributed by atoms with Gasteiger partial charge in [-0.15, -0.1) is 10.2 Å². The van der Waals surface area contributed by atoms with E-state index in [1.54, 1.807) is 18.0 Å². The lowest BCUT2D eigenvalue weighted by Crippen LogP contribution is -2.40. The topological polar surface area (TPSA) is 73.0 Å². The van der Waals surface area contributed by atoms with Gasteiger partial charge in [0.25, 0.3) is 0 Å². The molecule has 6 nitrogen and oxygen atoms in total. The zero-order valence-electron chi connectivity index (χ0n) is 14.8. The van der Waals surface area contributed by atoms with Gasteiger partial charge in [-0.3, -0.25) is 9.36 Å². The van der Waals surface area contributed by atoms with Crippen LogP contribution in [-0.4, -0.2) is 32.0 Å². The van der Waals surface area contributed by atoms with Crippen LogP contribution in [0, 0.1) is 0 Å². The van der Waals surface area contributed by atoms with Crippen molar-refractivity contribution in [3.63, 3.8) is 0 Å². The Bertz CT molecular complexity index is 644. The normalized spacial score (nSPS) is 11.7. The molecule has 0 bridgehead atoms. The quantitative estimate of drug-likeness (QED) is 0.580. The second-order valence-electron chi connectivity index (χ2n) is 6.63. The van der Waals surface area contributed by atoms with Crippen molar-refractivity contribution in [3.05, 3.63) is 18.4 Å².